The molecule has 2 N–H and O–H groups in total. The fraction of sp³-hybridized carbons (Fsp3) is 0.462. The standard InChI is InChI=1S/C13H17F2NO/c1-3-6-13(2,16)12(17)7-9-4-5-10(14)8-11(9)15/h4-5,8H,3,6-7,16H2,1-2H3. The van der Waals surface area contributed by atoms with Crippen molar-refractivity contribution < 1.29 is 13.6 Å². The SMILES string of the molecule is CCCC(C)(N)C(=O)Cc1ccc(F)cc1F. The van der Waals surface area contributed by atoms with Crippen molar-refractivity contribution in [3.05, 3.63) is 35.4 Å². The van der Waals surface area contributed by atoms with Gasteiger partial charge in [-0.05, 0) is 25.0 Å². The van der Waals surface area contributed by atoms with Gasteiger partial charge in [0, 0.05) is 12.5 Å². The van der Waals surface area contributed by atoms with Crippen LogP contribution in [0, 0.1) is 11.6 Å². The Morgan fingerprint density at radius 1 is 1.41 bits per heavy atom. The summed E-state index contributed by atoms with van der Waals surface area (Å²) < 4.78 is 26.0. The van der Waals surface area contributed by atoms with Crippen molar-refractivity contribution in [2.75, 3.05) is 0 Å². The van der Waals surface area contributed by atoms with Crippen LogP contribution in [0.3, 0.4) is 0 Å². The summed E-state index contributed by atoms with van der Waals surface area (Å²) in [6, 6.07) is 3.19. The lowest BCUT2D eigenvalue weighted by Gasteiger charge is -2.22. The van der Waals surface area contributed by atoms with Crippen LogP contribution in [0.2, 0.25) is 0 Å². The van der Waals surface area contributed by atoms with Gasteiger partial charge in [0.1, 0.15) is 11.6 Å². The van der Waals surface area contributed by atoms with E-state index in [4.69, 9.17) is 5.73 Å². The van der Waals surface area contributed by atoms with E-state index < -0.39 is 17.2 Å². The van der Waals surface area contributed by atoms with Crippen molar-refractivity contribution >= 4 is 5.78 Å². The quantitative estimate of drug-likeness (QED) is 0.861. The number of rotatable bonds is 5. The molecule has 0 aliphatic rings. The predicted molar refractivity (Wildman–Crippen MR) is 62.6 cm³/mol. The average Bonchev–Trinajstić information content (AvgIpc) is 2.22. The number of Topliss-reactive ketones (excluding diaryl/α,β-unsaturated/α-hetero) is 1. The molecular formula is C13H17F2NO. The largest absolute Gasteiger partial charge is 0.319 e. The van der Waals surface area contributed by atoms with E-state index in [-0.39, 0.29) is 17.8 Å². The highest BCUT2D eigenvalue weighted by molar-refractivity contribution is 5.89. The molecule has 17 heavy (non-hydrogen) atoms. The van der Waals surface area contributed by atoms with Crippen LogP contribution in [0.15, 0.2) is 18.2 Å². The summed E-state index contributed by atoms with van der Waals surface area (Å²) in [5.74, 6) is -1.58. The number of hydrogen-bond donors (Lipinski definition) is 1. The Balaban J connectivity index is 2.81. The van der Waals surface area contributed by atoms with Crippen molar-refractivity contribution in [3.63, 3.8) is 0 Å². The summed E-state index contributed by atoms with van der Waals surface area (Å²) in [7, 11) is 0. The summed E-state index contributed by atoms with van der Waals surface area (Å²) in [5, 5.41) is 0. The van der Waals surface area contributed by atoms with Gasteiger partial charge in [-0.15, -0.1) is 0 Å². The van der Waals surface area contributed by atoms with Crippen LogP contribution >= 0.6 is 0 Å². The maximum absolute atomic E-state index is 13.4. The maximum atomic E-state index is 13.4. The Kier molecular flexibility index (Phi) is 4.34. The van der Waals surface area contributed by atoms with Gasteiger partial charge in [-0.1, -0.05) is 19.4 Å². The molecule has 0 heterocycles. The molecule has 0 spiro atoms. The molecule has 0 bridgehead atoms. The molecule has 4 heteroatoms. The Hall–Kier alpha value is -1.29. The molecule has 1 unspecified atom stereocenters. The second-order valence-electron chi connectivity index (χ2n) is 4.50. The zero-order valence-corrected chi connectivity index (χ0v) is 10.1. The smallest absolute Gasteiger partial charge is 0.156 e. The van der Waals surface area contributed by atoms with Crippen LogP contribution in [0.5, 0.6) is 0 Å². The van der Waals surface area contributed by atoms with Gasteiger partial charge in [0.15, 0.2) is 5.78 Å². The molecule has 94 valence electrons. The summed E-state index contributed by atoms with van der Waals surface area (Å²) in [6.07, 6.45) is 1.23. The van der Waals surface area contributed by atoms with Gasteiger partial charge in [-0.3, -0.25) is 4.79 Å². The second-order valence-corrected chi connectivity index (χ2v) is 4.50. The van der Waals surface area contributed by atoms with Crippen molar-refractivity contribution in [2.24, 2.45) is 5.73 Å². The Morgan fingerprint density at radius 2 is 2.06 bits per heavy atom. The van der Waals surface area contributed by atoms with Crippen LogP contribution in [-0.4, -0.2) is 11.3 Å². The number of ketones is 1. The normalized spacial score (nSPS) is 14.4. The Morgan fingerprint density at radius 3 is 2.59 bits per heavy atom. The molecule has 0 amide bonds. The van der Waals surface area contributed by atoms with Gasteiger partial charge in [-0.2, -0.15) is 0 Å². The number of carbonyl (C=O) groups excluding carboxylic acids is 1. The lowest BCUT2D eigenvalue weighted by Crippen LogP contribution is -2.45. The number of hydrogen-bond acceptors (Lipinski definition) is 2. The third kappa shape index (κ3) is 3.60. The maximum Gasteiger partial charge on any atom is 0.156 e. The van der Waals surface area contributed by atoms with E-state index in [1.54, 1.807) is 6.92 Å². The minimum atomic E-state index is -0.949. The molecule has 0 saturated carbocycles. The first-order chi connectivity index (χ1) is 7.86. The summed E-state index contributed by atoms with van der Waals surface area (Å²) in [4.78, 5) is 11.9. The van der Waals surface area contributed by atoms with E-state index in [9.17, 15) is 13.6 Å². The highest BCUT2D eigenvalue weighted by Gasteiger charge is 2.27. The van der Waals surface area contributed by atoms with Crippen LogP contribution in [0.1, 0.15) is 32.3 Å². The topological polar surface area (TPSA) is 43.1 Å². The minimum absolute atomic E-state index is 0.0981. The van der Waals surface area contributed by atoms with Crippen molar-refractivity contribution in [2.45, 2.75) is 38.6 Å². The molecule has 0 aliphatic carbocycles. The molecule has 1 aromatic carbocycles. The summed E-state index contributed by atoms with van der Waals surface area (Å²) in [5.41, 5.74) is 5.09. The number of halogens is 2. The third-order valence-electron chi connectivity index (χ3n) is 2.77. The van der Waals surface area contributed by atoms with Gasteiger partial charge < -0.3 is 5.73 Å². The van der Waals surface area contributed by atoms with Gasteiger partial charge in [0.2, 0.25) is 0 Å². The highest BCUT2D eigenvalue weighted by atomic mass is 19.1. The Bertz CT molecular complexity index is 416. The minimum Gasteiger partial charge on any atom is -0.319 e. The fourth-order valence-electron chi connectivity index (χ4n) is 1.70. The fourth-order valence-corrected chi connectivity index (χ4v) is 1.70. The Labute approximate surface area is 99.8 Å². The zero-order chi connectivity index (χ0) is 13.1. The number of nitrogens with two attached hydrogens (primary N) is 1. The third-order valence-corrected chi connectivity index (χ3v) is 2.77. The van der Waals surface area contributed by atoms with E-state index >= 15 is 0 Å². The lowest BCUT2D eigenvalue weighted by atomic mass is 9.88. The molecule has 1 aromatic rings. The molecule has 0 aromatic heterocycles. The van der Waals surface area contributed by atoms with Gasteiger partial charge in [-0.25, -0.2) is 8.78 Å². The van der Waals surface area contributed by atoms with Gasteiger partial charge in [0.25, 0.3) is 0 Å². The monoisotopic (exact) mass is 241 g/mol. The first-order valence-corrected chi connectivity index (χ1v) is 5.63. The number of carbonyl (C=O) groups is 1. The van der Waals surface area contributed by atoms with Crippen LogP contribution in [0.4, 0.5) is 8.78 Å². The van der Waals surface area contributed by atoms with Crippen molar-refractivity contribution in [3.8, 4) is 0 Å². The van der Waals surface area contributed by atoms with Crippen molar-refractivity contribution in [1.29, 1.82) is 0 Å². The van der Waals surface area contributed by atoms with Crippen LogP contribution < -0.4 is 5.73 Å². The van der Waals surface area contributed by atoms with E-state index in [0.717, 1.165) is 18.6 Å². The van der Waals surface area contributed by atoms with E-state index in [1.807, 2.05) is 6.92 Å². The molecular weight excluding hydrogens is 224 g/mol. The molecule has 1 atom stereocenters. The summed E-state index contributed by atoms with van der Waals surface area (Å²) in [6.45, 7) is 3.57. The first kappa shape index (κ1) is 13.8. The van der Waals surface area contributed by atoms with Crippen LogP contribution in [-0.2, 0) is 11.2 Å². The molecule has 0 fully saturated rings. The predicted octanol–water partition coefficient (Wildman–Crippen LogP) is 2.59. The molecule has 0 radical (unpaired) electrons. The molecule has 1 rings (SSSR count). The molecule has 2 nitrogen and oxygen atoms in total. The summed E-state index contributed by atoms with van der Waals surface area (Å²) >= 11 is 0. The lowest BCUT2D eigenvalue weighted by molar-refractivity contribution is -0.123. The van der Waals surface area contributed by atoms with Gasteiger partial charge >= 0.3 is 0 Å². The average molecular weight is 241 g/mol. The first-order valence-electron chi connectivity index (χ1n) is 5.63. The number of benzene rings is 1. The second kappa shape index (κ2) is 5.36. The molecule has 0 aliphatic heterocycles. The van der Waals surface area contributed by atoms with Crippen LogP contribution in [0.25, 0.3) is 0 Å². The highest BCUT2D eigenvalue weighted by Crippen LogP contribution is 2.16. The van der Waals surface area contributed by atoms with E-state index in [0.29, 0.717) is 6.42 Å². The van der Waals surface area contributed by atoms with Gasteiger partial charge in [0.05, 0.1) is 5.54 Å². The zero-order valence-electron chi connectivity index (χ0n) is 10.1. The van der Waals surface area contributed by atoms with E-state index in [1.165, 1.54) is 6.07 Å². The molecule has 0 saturated heterocycles. The van der Waals surface area contributed by atoms with Crippen molar-refractivity contribution in [1.82, 2.24) is 0 Å². The van der Waals surface area contributed by atoms with E-state index in [2.05, 4.69) is 0 Å².